The first-order valence-electron chi connectivity index (χ1n) is 6.67. The van der Waals surface area contributed by atoms with Crippen LogP contribution in [0.25, 0.3) is 6.08 Å². The molecule has 0 aliphatic heterocycles. The Labute approximate surface area is 151 Å². The van der Waals surface area contributed by atoms with E-state index in [4.69, 9.17) is 23.2 Å². The maximum atomic E-state index is 12.2. The first-order valence-corrected chi connectivity index (χ1v) is 7.43. The van der Waals surface area contributed by atoms with Crippen molar-refractivity contribution in [3.05, 3.63) is 67.7 Å². The van der Waals surface area contributed by atoms with Crippen molar-refractivity contribution < 1.29 is 14.8 Å². The number of benzene rings is 2. The lowest BCUT2D eigenvalue weighted by atomic mass is 10.1. The van der Waals surface area contributed by atoms with E-state index in [0.717, 1.165) is 18.2 Å². The van der Waals surface area contributed by atoms with Crippen molar-refractivity contribution in [2.24, 2.45) is 0 Å². The number of carbonyl (C=O) groups is 1. The zero-order valence-electron chi connectivity index (χ0n) is 12.4. The second-order valence-corrected chi connectivity index (χ2v) is 5.60. The molecule has 126 valence electrons. The molecule has 0 atom stereocenters. The van der Waals surface area contributed by atoms with Crippen LogP contribution < -0.4 is 5.32 Å². The van der Waals surface area contributed by atoms with Gasteiger partial charge in [0.15, 0.2) is 5.75 Å². The highest BCUT2D eigenvalue weighted by Gasteiger charge is 2.15. The summed E-state index contributed by atoms with van der Waals surface area (Å²) < 4.78 is 0. The van der Waals surface area contributed by atoms with Gasteiger partial charge in [-0.25, -0.2) is 0 Å². The number of carbonyl (C=O) groups excluding carboxylic acids is 1. The zero-order valence-corrected chi connectivity index (χ0v) is 13.9. The summed E-state index contributed by atoms with van der Waals surface area (Å²) in [6.45, 7) is 0. The summed E-state index contributed by atoms with van der Waals surface area (Å²) in [4.78, 5) is 22.3. The molecule has 9 heteroatoms. The van der Waals surface area contributed by atoms with Crippen LogP contribution in [0, 0.1) is 21.4 Å². The average Bonchev–Trinajstić information content (AvgIpc) is 2.57. The van der Waals surface area contributed by atoms with Crippen LogP contribution in [-0.4, -0.2) is 15.9 Å². The van der Waals surface area contributed by atoms with Gasteiger partial charge >= 0.3 is 5.69 Å². The molecule has 2 N–H and O–H groups in total. The van der Waals surface area contributed by atoms with Gasteiger partial charge in [0.1, 0.15) is 11.6 Å². The van der Waals surface area contributed by atoms with Crippen molar-refractivity contribution in [1.82, 2.24) is 0 Å². The highest BCUT2D eigenvalue weighted by atomic mass is 35.5. The van der Waals surface area contributed by atoms with E-state index in [2.05, 4.69) is 5.32 Å². The summed E-state index contributed by atoms with van der Waals surface area (Å²) in [5, 5.41) is 32.4. The first-order chi connectivity index (χ1) is 11.8. The third kappa shape index (κ3) is 4.47. The molecule has 2 aromatic rings. The average molecular weight is 378 g/mol. The largest absolute Gasteiger partial charge is 0.502 e. The molecule has 7 nitrogen and oxygen atoms in total. The molecule has 25 heavy (non-hydrogen) atoms. The number of phenolic OH excluding ortho intramolecular Hbond substituents is 1. The van der Waals surface area contributed by atoms with Gasteiger partial charge in [-0.1, -0.05) is 29.3 Å². The van der Waals surface area contributed by atoms with Crippen molar-refractivity contribution in [2.75, 3.05) is 5.32 Å². The summed E-state index contributed by atoms with van der Waals surface area (Å²) in [5.41, 5.74) is -0.425. The predicted molar refractivity (Wildman–Crippen MR) is 93.4 cm³/mol. The maximum absolute atomic E-state index is 12.2. The van der Waals surface area contributed by atoms with E-state index in [1.807, 2.05) is 0 Å². The van der Waals surface area contributed by atoms with E-state index in [1.165, 1.54) is 24.3 Å². The van der Waals surface area contributed by atoms with Crippen LogP contribution in [-0.2, 0) is 4.79 Å². The Bertz CT molecular complexity index is 935. The number of nitriles is 1. The number of hydrogen-bond acceptors (Lipinski definition) is 5. The summed E-state index contributed by atoms with van der Waals surface area (Å²) in [6.07, 6.45) is 1.15. The van der Waals surface area contributed by atoms with Crippen molar-refractivity contribution in [3.8, 4) is 11.8 Å². The number of halogens is 2. The monoisotopic (exact) mass is 377 g/mol. The Balaban J connectivity index is 2.33. The lowest BCUT2D eigenvalue weighted by Crippen LogP contribution is -2.13. The molecule has 0 saturated heterocycles. The number of hydrogen-bond donors (Lipinski definition) is 2. The highest BCUT2D eigenvalue weighted by molar-refractivity contribution is 6.36. The highest BCUT2D eigenvalue weighted by Crippen LogP contribution is 2.28. The van der Waals surface area contributed by atoms with E-state index in [0.29, 0.717) is 5.02 Å². The molecule has 2 aromatic carbocycles. The minimum atomic E-state index is -0.773. The first kappa shape index (κ1) is 18.3. The van der Waals surface area contributed by atoms with Crippen LogP contribution in [0.15, 0.2) is 42.0 Å². The van der Waals surface area contributed by atoms with Gasteiger partial charge in [0.05, 0.1) is 15.6 Å². The molecule has 0 unspecified atom stereocenters. The van der Waals surface area contributed by atoms with Crippen LogP contribution in [0.2, 0.25) is 10.0 Å². The second kappa shape index (κ2) is 7.66. The molecule has 0 spiro atoms. The third-order valence-electron chi connectivity index (χ3n) is 3.05. The number of nitrogens with one attached hydrogen (secondary N) is 1. The van der Waals surface area contributed by atoms with Gasteiger partial charge in [0.25, 0.3) is 5.91 Å². The number of amides is 1. The molecule has 2 rings (SSSR count). The Kier molecular flexibility index (Phi) is 5.60. The Morgan fingerprint density at radius 2 is 2.00 bits per heavy atom. The van der Waals surface area contributed by atoms with Gasteiger partial charge in [-0.3, -0.25) is 14.9 Å². The topological polar surface area (TPSA) is 116 Å². The molecule has 0 saturated carbocycles. The second-order valence-electron chi connectivity index (χ2n) is 4.75. The van der Waals surface area contributed by atoms with E-state index in [-0.39, 0.29) is 21.8 Å². The number of aromatic hydroxyl groups is 1. The standard InChI is InChI=1S/C16H9Cl2N3O4/c17-11-2-3-12(18)13(7-11)20-16(23)10(8-19)5-9-1-4-15(22)14(6-9)21(24)25/h1-7,22H,(H,20,23)/b10-5+. The number of nitro benzene ring substituents is 1. The smallest absolute Gasteiger partial charge is 0.311 e. The van der Waals surface area contributed by atoms with Crippen molar-refractivity contribution >= 4 is 46.6 Å². The van der Waals surface area contributed by atoms with Crippen LogP contribution in [0.5, 0.6) is 5.75 Å². The molecule has 0 aliphatic carbocycles. The van der Waals surface area contributed by atoms with Crippen LogP contribution in [0.4, 0.5) is 11.4 Å². The lowest BCUT2D eigenvalue weighted by molar-refractivity contribution is -0.385. The number of phenols is 1. The van der Waals surface area contributed by atoms with Gasteiger partial charge in [0.2, 0.25) is 0 Å². The fraction of sp³-hybridized carbons (Fsp3) is 0. The van der Waals surface area contributed by atoms with Gasteiger partial charge in [-0.2, -0.15) is 5.26 Å². The minimum absolute atomic E-state index is 0.202. The number of rotatable bonds is 4. The molecule has 0 bridgehead atoms. The molecule has 0 radical (unpaired) electrons. The predicted octanol–water partition coefficient (Wildman–Crippen LogP) is 4.15. The summed E-state index contributed by atoms with van der Waals surface area (Å²) in [5.74, 6) is -1.28. The van der Waals surface area contributed by atoms with Crippen LogP contribution in [0.3, 0.4) is 0 Å². The van der Waals surface area contributed by atoms with Crippen LogP contribution >= 0.6 is 23.2 Å². The third-order valence-corrected chi connectivity index (χ3v) is 3.61. The fourth-order valence-electron chi connectivity index (χ4n) is 1.87. The number of nitrogens with zero attached hydrogens (tertiary/aromatic N) is 2. The normalized spacial score (nSPS) is 10.8. The summed E-state index contributed by atoms with van der Waals surface area (Å²) >= 11 is 11.8. The fourth-order valence-corrected chi connectivity index (χ4v) is 2.21. The lowest BCUT2D eigenvalue weighted by Gasteiger charge is -2.07. The van der Waals surface area contributed by atoms with Crippen molar-refractivity contribution in [2.45, 2.75) is 0 Å². The number of nitro groups is 1. The molecular weight excluding hydrogens is 369 g/mol. The minimum Gasteiger partial charge on any atom is -0.502 e. The summed E-state index contributed by atoms with van der Waals surface area (Å²) in [7, 11) is 0. The van der Waals surface area contributed by atoms with Crippen molar-refractivity contribution in [1.29, 1.82) is 5.26 Å². The Morgan fingerprint density at radius 3 is 2.64 bits per heavy atom. The van der Waals surface area contributed by atoms with E-state index in [1.54, 1.807) is 6.07 Å². The Morgan fingerprint density at radius 1 is 1.28 bits per heavy atom. The molecule has 0 heterocycles. The van der Waals surface area contributed by atoms with Crippen molar-refractivity contribution in [3.63, 3.8) is 0 Å². The van der Waals surface area contributed by atoms with E-state index >= 15 is 0 Å². The van der Waals surface area contributed by atoms with E-state index < -0.39 is 22.3 Å². The molecular formula is C16H9Cl2N3O4. The van der Waals surface area contributed by atoms with Crippen LogP contribution in [0.1, 0.15) is 5.56 Å². The molecule has 0 aliphatic rings. The van der Waals surface area contributed by atoms with Gasteiger partial charge in [0, 0.05) is 11.1 Å². The molecule has 0 fully saturated rings. The van der Waals surface area contributed by atoms with Gasteiger partial charge in [-0.05, 0) is 35.9 Å². The molecule has 0 aromatic heterocycles. The maximum Gasteiger partial charge on any atom is 0.311 e. The Hall–Kier alpha value is -3.08. The van der Waals surface area contributed by atoms with Gasteiger partial charge < -0.3 is 10.4 Å². The summed E-state index contributed by atoms with van der Waals surface area (Å²) in [6, 6.07) is 9.63. The quantitative estimate of drug-likeness (QED) is 0.359. The zero-order chi connectivity index (χ0) is 18.6. The van der Waals surface area contributed by atoms with Gasteiger partial charge in [-0.15, -0.1) is 0 Å². The SMILES string of the molecule is N#C/C(=C\c1ccc(O)c([N+](=O)[O-])c1)C(=O)Nc1cc(Cl)ccc1Cl. The van der Waals surface area contributed by atoms with E-state index in [9.17, 15) is 25.3 Å². The number of anilines is 1. The molecule has 1 amide bonds.